The van der Waals surface area contributed by atoms with Crippen molar-refractivity contribution in [2.75, 3.05) is 26.2 Å². The molecule has 4 rings (SSSR count). The third-order valence-electron chi connectivity index (χ3n) is 5.28. The normalized spacial score (nSPS) is 24.3. The van der Waals surface area contributed by atoms with E-state index in [1.807, 2.05) is 23.1 Å². The molecule has 0 radical (unpaired) electrons. The quantitative estimate of drug-likeness (QED) is 0.831. The maximum atomic E-state index is 13.0. The van der Waals surface area contributed by atoms with Gasteiger partial charge in [-0.1, -0.05) is 30.3 Å². The van der Waals surface area contributed by atoms with Crippen LogP contribution in [-0.2, 0) is 4.74 Å². The fourth-order valence-corrected chi connectivity index (χ4v) is 3.93. The highest BCUT2D eigenvalue weighted by Gasteiger charge is 2.38. The zero-order valence-corrected chi connectivity index (χ0v) is 16.6. The fraction of sp³-hybridized carbons (Fsp3) is 0.474. The first-order valence-corrected chi connectivity index (χ1v) is 8.87. The van der Waals surface area contributed by atoms with Crippen LogP contribution in [0.3, 0.4) is 0 Å². The number of nitrogens with two attached hydrogens (primary N) is 1. The second-order valence-electron chi connectivity index (χ2n) is 6.79. The molecule has 1 aromatic carbocycles. The number of carbonyl (C=O) groups excluding carboxylic acids is 1. The van der Waals surface area contributed by atoms with Gasteiger partial charge in [-0.2, -0.15) is 0 Å². The van der Waals surface area contributed by atoms with Crippen molar-refractivity contribution in [2.24, 2.45) is 11.7 Å². The Morgan fingerprint density at radius 3 is 2.67 bits per heavy atom. The van der Waals surface area contributed by atoms with Crippen LogP contribution in [0.1, 0.15) is 46.7 Å². The maximum absolute atomic E-state index is 13.0. The van der Waals surface area contributed by atoms with Crippen molar-refractivity contribution < 1.29 is 13.9 Å². The number of halogens is 2. The summed E-state index contributed by atoms with van der Waals surface area (Å²) in [7, 11) is 0. The number of ether oxygens (including phenoxy) is 1. The lowest BCUT2D eigenvalue weighted by Crippen LogP contribution is -2.31. The summed E-state index contributed by atoms with van der Waals surface area (Å²) in [5.41, 5.74) is 7.59. The summed E-state index contributed by atoms with van der Waals surface area (Å²) in [4.78, 5) is 19.1. The minimum Gasteiger partial charge on any atom is -0.445 e. The van der Waals surface area contributed by atoms with Crippen molar-refractivity contribution in [3.8, 4) is 0 Å². The van der Waals surface area contributed by atoms with Crippen molar-refractivity contribution in [3.05, 3.63) is 53.7 Å². The lowest BCUT2D eigenvalue weighted by Gasteiger charge is -2.17. The predicted molar refractivity (Wildman–Crippen MR) is 107 cm³/mol. The third kappa shape index (κ3) is 4.29. The predicted octanol–water partition coefficient (Wildman–Crippen LogP) is 3.18. The third-order valence-corrected chi connectivity index (χ3v) is 5.28. The number of benzene rings is 1. The molecule has 2 aliphatic rings. The van der Waals surface area contributed by atoms with Crippen LogP contribution in [0, 0.1) is 5.92 Å². The first-order chi connectivity index (χ1) is 12.3. The zero-order valence-electron chi connectivity index (χ0n) is 15.0. The Kier molecular flexibility index (Phi) is 7.68. The number of aromatic nitrogens is 1. The molecule has 0 bridgehead atoms. The SMILES string of the molecule is Cl.Cl.NC[C@@H]1CN(C(=O)c2ncoc2C2CCCO2)C[C@H]1c1ccccc1. The smallest absolute Gasteiger partial charge is 0.276 e. The molecule has 2 saturated heterocycles. The molecule has 2 fully saturated rings. The van der Waals surface area contributed by atoms with Crippen LogP contribution >= 0.6 is 24.8 Å². The lowest BCUT2D eigenvalue weighted by molar-refractivity contribution is 0.0741. The largest absolute Gasteiger partial charge is 0.445 e. The molecule has 3 atom stereocenters. The molecule has 2 aromatic rings. The standard InChI is InChI=1S/C19H23N3O3.2ClH/c20-9-14-10-22(11-15(14)13-5-2-1-3-6-13)19(23)17-18(25-12-21-17)16-7-4-8-24-16;;/h1-3,5-6,12,14-16H,4,7-11,20H2;2*1H/t14-,15+,16?;;/m1../s1. The van der Waals surface area contributed by atoms with Crippen molar-refractivity contribution in [2.45, 2.75) is 24.9 Å². The second-order valence-corrected chi connectivity index (χ2v) is 6.79. The highest BCUT2D eigenvalue weighted by molar-refractivity contribution is 5.93. The Bertz CT molecular complexity index is 735. The first-order valence-electron chi connectivity index (χ1n) is 8.87. The summed E-state index contributed by atoms with van der Waals surface area (Å²) < 4.78 is 11.1. The van der Waals surface area contributed by atoms with Crippen molar-refractivity contribution in [3.63, 3.8) is 0 Å². The molecule has 8 heteroatoms. The molecule has 0 saturated carbocycles. The number of hydrogen-bond acceptors (Lipinski definition) is 5. The molecular weight excluding hydrogens is 389 g/mol. The van der Waals surface area contributed by atoms with Gasteiger partial charge in [0.05, 0.1) is 0 Å². The number of rotatable bonds is 4. The number of oxazole rings is 1. The van der Waals surface area contributed by atoms with E-state index in [2.05, 4.69) is 17.1 Å². The van der Waals surface area contributed by atoms with Gasteiger partial charge in [0, 0.05) is 25.6 Å². The molecule has 0 aliphatic carbocycles. The summed E-state index contributed by atoms with van der Waals surface area (Å²) in [6.45, 7) is 2.56. The molecule has 1 aromatic heterocycles. The molecule has 1 amide bonds. The molecular formula is C19H25Cl2N3O3. The van der Waals surface area contributed by atoms with Gasteiger partial charge in [-0.15, -0.1) is 24.8 Å². The molecule has 27 heavy (non-hydrogen) atoms. The van der Waals surface area contributed by atoms with Crippen molar-refractivity contribution in [1.29, 1.82) is 0 Å². The van der Waals surface area contributed by atoms with Gasteiger partial charge < -0.3 is 19.8 Å². The Morgan fingerprint density at radius 2 is 2.00 bits per heavy atom. The Morgan fingerprint density at radius 1 is 1.22 bits per heavy atom. The van der Waals surface area contributed by atoms with Crippen LogP contribution in [0.2, 0.25) is 0 Å². The zero-order chi connectivity index (χ0) is 17.2. The van der Waals surface area contributed by atoms with Gasteiger partial charge >= 0.3 is 0 Å². The van der Waals surface area contributed by atoms with Gasteiger partial charge in [0.2, 0.25) is 0 Å². The fourth-order valence-electron chi connectivity index (χ4n) is 3.93. The summed E-state index contributed by atoms with van der Waals surface area (Å²) in [6, 6.07) is 10.3. The van der Waals surface area contributed by atoms with E-state index in [0.29, 0.717) is 37.7 Å². The Balaban J connectivity index is 0.00000131. The number of amides is 1. The summed E-state index contributed by atoms with van der Waals surface area (Å²) in [6.07, 6.45) is 3.04. The summed E-state index contributed by atoms with van der Waals surface area (Å²) in [5.74, 6) is 0.990. The molecule has 0 spiro atoms. The Hall–Kier alpha value is -1.60. The maximum Gasteiger partial charge on any atom is 0.276 e. The number of likely N-dealkylation sites (tertiary alicyclic amines) is 1. The number of nitrogens with zero attached hydrogens (tertiary/aromatic N) is 2. The van der Waals surface area contributed by atoms with E-state index in [1.54, 1.807) is 0 Å². The van der Waals surface area contributed by atoms with E-state index in [9.17, 15) is 4.79 Å². The average Bonchev–Trinajstić information content (AvgIpc) is 3.41. The highest BCUT2D eigenvalue weighted by Crippen LogP contribution is 2.35. The highest BCUT2D eigenvalue weighted by atomic mass is 35.5. The lowest BCUT2D eigenvalue weighted by atomic mass is 9.89. The number of carbonyl (C=O) groups is 1. The van der Waals surface area contributed by atoms with Crippen molar-refractivity contribution >= 4 is 30.7 Å². The van der Waals surface area contributed by atoms with Crippen LogP contribution in [0.4, 0.5) is 0 Å². The van der Waals surface area contributed by atoms with Gasteiger partial charge in [0.1, 0.15) is 6.10 Å². The molecule has 6 nitrogen and oxygen atoms in total. The van der Waals surface area contributed by atoms with Gasteiger partial charge in [0.25, 0.3) is 5.91 Å². The van der Waals surface area contributed by atoms with Crippen LogP contribution in [-0.4, -0.2) is 42.0 Å². The van der Waals surface area contributed by atoms with Crippen LogP contribution in [0.15, 0.2) is 41.1 Å². The minimum atomic E-state index is -0.153. The van der Waals surface area contributed by atoms with E-state index in [0.717, 1.165) is 12.8 Å². The van der Waals surface area contributed by atoms with E-state index in [-0.39, 0.29) is 48.7 Å². The average molecular weight is 414 g/mol. The van der Waals surface area contributed by atoms with Crippen molar-refractivity contribution in [1.82, 2.24) is 9.88 Å². The van der Waals surface area contributed by atoms with Gasteiger partial charge in [0.15, 0.2) is 17.8 Å². The Labute approximate surface area is 171 Å². The monoisotopic (exact) mass is 413 g/mol. The van der Waals surface area contributed by atoms with Gasteiger partial charge in [-0.05, 0) is 30.9 Å². The van der Waals surface area contributed by atoms with E-state index in [1.165, 1.54) is 12.0 Å². The molecule has 2 N–H and O–H groups in total. The first kappa shape index (κ1) is 21.7. The summed E-state index contributed by atoms with van der Waals surface area (Å²) >= 11 is 0. The van der Waals surface area contributed by atoms with Crippen LogP contribution < -0.4 is 5.73 Å². The second kappa shape index (κ2) is 9.55. The molecule has 1 unspecified atom stereocenters. The van der Waals surface area contributed by atoms with E-state index >= 15 is 0 Å². The molecule has 2 aliphatic heterocycles. The van der Waals surface area contributed by atoms with E-state index < -0.39 is 0 Å². The van der Waals surface area contributed by atoms with Crippen LogP contribution in [0.25, 0.3) is 0 Å². The van der Waals surface area contributed by atoms with Gasteiger partial charge in [-0.25, -0.2) is 4.98 Å². The van der Waals surface area contributed by atoms with Crippen LogP contribution in [0.5, 0.6) is 0 Å². The minimum absolute atomic E-state index is 0. The molecule has 148 valence electrons. The molecule has 3 heterocycles. The van der Waals surface area contributed by atoms with Gasteiger partial charge in [-0.3, -0.25) is 4.79 Å². The topological polar surface area (TPSA) is 81.6 Å². The van der Waals surface area contributed by atoms with E-state index in [4.69, 9.17) is 14.9 Å². The number of hydrogen-bond donors (Lipinski definition) is 1. The summed E-state index contributed by atoms with van der Waals surface area (Å²) in [5, 5.41) is 0.